The highest BCUT2D eigenvalue weighted by atomic mass is 32.2. The zero-order valence-corrected chi connectivity index (χ0v) is 11.4. The number of benzene rings is 1. The van der Waals surface area contributed by atoms with Gasteiger partial charge >= 0.3 is 0 Å². The van der Waals surface area contributed by atoms with Gasteiger partial charge in [0.15, 0.2) is 0 Å². The van der Waals surface area contributed by atoms with Crippen LogP contribution in [0.25, 0.3) is 10.9 Å². The summed E-state index contributed by atoms with van der Waals surface area (Å²) in [4.78, 5) is 3.45. The van der Waals surface area contributed by atoms with Gasteiger partial charge in [0, 0.05) is 36.7 Å². The summed E-state index contributed by atoms with van der Waals surface area (Å²) in [6.07, 6.45) is 2.67. The van der Waals surface area contributed by atoms with Crippen LogP contribution in [0.15, 0.2) is 35.4 Å². The summed E-state index contributed by atoms with van der Waals surface area (Å²) in [5.74, 6) is 0. The summed E-state index contributed by atoms with van der Waals surface area (Å²) in [5, 5.41) is 4.14. The van der Waals surface area contributed by atoms with Gasteiger partial charge in [0.25, 0.3) is 0 Å². The first-order valence-electron chi connectivity index (χ1n) is 6.46. The Labute approximate surface area is 112 Å². The minimum Gasteiger partial charge on any atom is -0.361 e. The third-order valence-corrected chi connectivity index (χ3v) is 5.36. The van der Waals surface area contributed by atoms with Crippen LogP contribution in [0.1, 0.15) is 6.42 Å². The van der Waals surface area contributed by atoms with E-state index in [0.29, 0.717) is 24.5 Å². The highest BCUT2D eigenvalue weighted by Crippen LogP contribution is 2.21. The number of aromatic amines is 1. The van der Waals surface area contributed by atoms with Gasteiger partial charge in [0.2, 0.25) is 10.0 Å². The van der Waals surface area contributed by atoms with E-state index in [1.807, 2.05) is 18.3 Å². The van der Waals surface area contributed by atoms with Gasteiger partial charge < -0.3 is 10.3 Å². The van der Waals surface area contributed by atoms with Gasteiger partial charge in [-0.1, -0.05) is 0 Å². The molecule has 2 heterocycles. The molecular formula is C13H17N3O2S. The lowest BCUT2D eigenvalue weighted by Gasteiger charge is -2.19. The number of fused-ring (bicyclic) bond motifs is 1. The third-order valence-electron chi connectivity index (χ3n) is 3.46. The summed E-state index contributed by atoms with van der Waals surface area (Å²) in [6.45, 7) is 2.71. The highest BCUT2D eigenvalue weighted by Gasteiger charge is 2.25. The number of nitrogens with one attached hydrogen (secondary N) is 2. The molecule has 5 nitrogen and oxygen atoms in total. The van der Waals surface area contributed by atoms with Gasteiger partial charge in [0.05, 0.1) is 4.90 Å². The Balaban J connectivity index is 1.97. The van der Waals surface area contributed by atoms with Crippen molar-refractivity contribution in [3.63, 3.8) is 0 Å². The first-order chi connectivity index (χ1) is 9.18. The summed E-state index contributed by atoms with van der Waals surface area (Å²) >= 11 is 0. The lowest BCUT2D eigenvalue weighted by molar-refractivity contribution is 0.432. The average molecular weight is 279 g/mol. The predicted molar refractivity (Wildman–Crippen MR) is 74.5 cm³/mol. The van der Waals surface area contributed by atoms with E-state index >= 15 is 0 Å². The molecule has 1 aliphatic rings. The number of aromatic nitrogens is 1. The summed E-state index contributed by atoms with van der Waals surface area (Å²) < 4.78 is 26.8. The molecule has 1 saturated heterocycles. The second kappa shape index (κ2) is 4.96. The molecule has 0 spiro atoms. The summed E-state index contributed by atoms with van der Waals surface area (Å²) in [5.41, 5.74) is 0.955. The molecule has 0 saturated carbocycles. The van der Waals surface area contributed by atoms with E-state index in [0.717, 1.165) is 23.9 Å². The zero-order valence-electron chi connectivity index (χ0n) is 10.6. The van der Waals surface area contributed by atoms with Crippen LogP contribution in [-0.4, -0.2) is 43.9 Å². The Kier molecular flexibility index (Phi) is 3.30. The van der Waals surface area contributed by atoms with Crippen LogP contribution in [0.2, 0.25) is 0 Å². The van der Waals surface area contributed by atoms with Crippen LogP contribution in [0.3, 0.4) is 0 Å². The number of hydrogen-bond donors (Lipinski definition) is 2. The third kappa shape index (κ3) is 2.39. The van der Waals surface area contributed by atoms with Gasteiger partial charge in [-0.2, -0.15) is 4.31 Å². The molecule has 1 aliphatic heterocycles. The molecule has 102 valence electrons. The maximum Gasteiger partial charge on any atom is 0.243 e. The maximum absolute atomic E-state index is 12.6. The molecular weight excluding hydrogens is 262 g/mol. The quantitative estimate of drug-likeness (QED) is 0.867. The number of hydrogen-bond acceptors (Lipinski definition) is 3. The maximum atomic E-state index is 12.6. The van der Waals surface area contributed by atoms with Crippen molar-refractivity contribution in [3.8, 4) is 0 Å². The van der Waals surface area contributed by atoms with E-state index in [1.165, 1.54) is 0 Å². The molecule has 0 atom stereocenters. The lowest BCUT2D eigenvalue weighted by Crippen LogP contribution is -2.34. The molecule has 1 aromatic carbocycles. The Morgan fingerprint density at radius 2 is 2.00 bits per heavy atom. The highest BCUT2D eigenvalue weighted by molar-refractivity contribution is 7.89. The van der Waals surface area contributed by atoms with Crippen molar-refractivity contribution in [2.24, 2.45) is 0 Å². The molecule has 0 amide bonds. The van der Waals surface area contributed by atoms with Crippen molar-refractivity contribution >= 4 is 20.9 Å². The second-order valence-corrected chi connectivity index (χ2v) is 6.67. The average Bonchev–Trinajstić information content (AvgIpc) is 2.69. The van der Waals surface area contributed by atoms with Crippen LogP contribution in [0.5, 0.6) is 0 Å². The van der Waals surface area contributed by atoms with Crippen LogP contribution >= 0.6 is 0 Å². The molecule has 6 heteroatoms. The fraction of sp³-hybridized carbons (Fsp3) is 0.385. The van der Waals surface area contributed by atoms with Crippen LogP contribution in [0, 0.1) is 0 Å². The molecule has 2 aromatic rings. The molecule has 0 aliphatic carbocycles. The van der Waals surface area contributed by atoms with E-state index in [4.69, 9.17) is 0 Å². The van der Waals surface area contributed by atoms with Gasteiger partial charge in [0.1, 0.15) is 0 Å². The first kappa shape index (κ1) is 12.7. The van der Waals surface area contributed by atoms with Crippen molar-refractivity contribution < 1.29 is 8.42 Å². The topological polar surface area (TPSA) is 65.2 Å². The molecule has 19 heavy (non-hydrogen) atoms. The van der Waals surface area contributed by atoms with E-state index < -0.39 is 10.0 Å². The number of rotatable bonds is 2. The van der Waals surface area contributed by atoms with E-state index in [9.17, 15) is 8.42 Å². The van der Waals surface area contributed by atoms with Crippen molar-refractivity contribution in [3.05, 3.63) is 30.5 Å². The molecule has 0 bridgehead atoms. The molecule has 1 aromatic heterocycles. The smallest absolute Gasteiger partial charge is 0.243 e. The first-order valence-corrected chi connectivity index (χ1v) is 7.90. The van der Waals surface area contributed by atoms with Gasteiger partial charge in [-0.25, -0.2) is 8.42 Å². The van der Waals surface area contributed by atoms with E-state index in [1.54, 1.807) is 16.4 Å². The predicted octanol–water partition coefficient (Wildman–Crippen LogP) is 1.15. The second-order valence-electron chi connectivity index (χ2n) is 4.73. The largest absolute Gasteiger partial charge is 0.361 e. The van der Waals surface area contributed by atoms with Crippen molar-refractivity contribution in [2.75, 3.05) is 26.2 Å². The van der Waals surface area contributed by atoms with Gasteiger partial charge in [-0.05, 0) is 37.2 Å². The van der Waals surface area contributed by atoms with Crippen molar-refractivity contribution in [2.45, 2.75) is 11.3 Å². The Morgan fingerprint density at radius 3 is 2.89 bits per heavy atom. The lowest BCUT2D eigenvalue weighted by atomic mass is 10.2. The normalized spacial score (nSPS) is 18.5. The standard InChI is InChI=1S/C13H17N3O2S/c17-19(18,16-8-1-5-14-7-9-16)12-2-3-13-11(10-12)4-6-15-13/h2-4,6,10,14-15H,1,5,7-9H2. The monoisotopic (exact) mass is 279 g/mol. The summed E-state index contributed by atoms with van der Waals surface area (Å²) in [6, 6.07) is 7.11. The Hall–Kier alpha value is -1.37. The minimum absolute atomic E-state index is 0.376. The van der Waals surface area contributed by atoms with Crippen LogP contribution in [-0.2, 0) is 10.0 Å². The molecule has 1 fully saturated rings. The number of H-pyrrole nitrogens is 1. The minimum atomic E-state index is -3.38. The van der Waals surface area contributed by atoms with Gasteiger partial charge in [-0.15, -0.1) is 0 Å². The fourth-order valence-electron chi connectivity index (χ4n) is 2.40. The van der Waals surface area contributed by atoms with Crippen LogP contribution in [0.4, 0.5) is 0 Å². The number of sulfonamides is 1. The van der Waals surface area contributed by atoms with Crippen molar-refractivity contribution in [1.29, 1.82) is 0 Å². The Morgan fingerprint density at radius 1 is 1.11 bits per heavy atom. The van der Waals surface area contributed by atoms with E-state index in [-0.39, 0.29) is 0 Å². The molecule has 3 rings (SSSR count). The SMILES string of the molecule is O=S(=O)(c1ccc2[nH]ccc2c1)N1CCCNCC1. The molecule has 0 radical (unpaired) electrons. The van der Waals surface area contributed by atoms with E-state index in [2.05, 4.69) is 10.3 Å². The molecule has 2 N–H and O–H groups in total. The summed E-state index contributed by atoms with van der Waals surface area (Å²) in [7, 11) is -3.38. The Bertz CT molecular complexity index is 670. The van der Waals surface area contributed by atoms with Crippen LogP contribution < -0.4 is 5.32 Å². The zero-order chi connectivity index (χ0) is 13.3. The van der Waals surface area contributed by atoms with Crippen molar-refractivity contribution in [1.82, 2.24) is 14.6 Å². The molecule has 0 unspecified atom stereocenters. The van der Waals surface area contributed by atoms with Gasteiger partial charge in [-0.3, -0.25) is 0 Å². The number of nitrogens with zero attached hydrogens (tertiary/aromatic N) is 1. The fourth-order valence-corrected chi connectivity index (χ4v) is 3.92.